The van der Waals surface area contributed by atoms with Gasteiger partial charge in [0.25, 0.3) is 0 Å². The van der Waals surface area contributed by atoms with Crippen LogP contribution in [0.15, 0.2) is 75.7 Å². The zero-order chi connectivity index (χ0) is 14.5. The summed E-state index contributed by atoms with van der Waals surface area (Å²) in [5, 5.41) is 8.23. The van der Waals surface area contributed by atoms with Crippen LogP contribution in [-0.4, -0.2) is 10.8 Å². The Labute approximate surface area is 128 Å². The summed E-state index contributed by atoms with van der Waals surface area (Å²) in [6.45, 7) is 0. The first-order valence-electron chi connectivity index (χ1n) is 6.24. The monoisotopic (exact) mass is 313 g/mol. The molecule has 4 nitrogen and oxygen atoms in total. The molecule has 0 aliphatic rings. The van der Waals surface area contributed by atoms with Crippen LogP contribution in [0.3, 0.4) is 0 Å². The second-order valence-electron chi connectivity index (χ2n) is 4.14. The smallest absolute Gasteiger partial charge is 0.255 e. The van der Waals surface area contributed by atoms with Crippen LogP contribution in [0.5, 0.6) is 0 Å². The maximum absolute atomic E-state index is 12.0. The number of hydrogen-bond acceptors (Lipinski definition) is 5. The Morgan fingerprint density at radius 2 is 1.57 bits per heavy atom. The van der Waals surface area contributed by atoms with Gasteiger partial charge in [-0.15, -0.1) is 5.10 Å². The number of nitrogens with zero attached hydrogens (tertiary/aromatic N) is 3. The van der Waals surface area contributed by atoms with E-state index in [1.165, 1.54) is 10.3 Å². The summed E-state index contributed by atoms with van der Waals surface area (Å²) in [5.41, 5.74) is 1.77. The molecule has 1 heterocycles. The second-order valence-corrected chi connectivity index (χ2v) is 6.19. The molecule has 0 aliphatic carbocycles. The first-order chi connectivity index (χ1) is 10.3. The van der Waals surface area contributed by atoms with Crippen LogP contribution >= 0.6 is 20.7 Å². The van der Waals surface area contributed by atoms with Crippen LogP contribution in [0.4, 0.5) is 0 Å². The van der Waals surface area contributed by atoms with Crippen LogP contribution in [0.25, 0.3) is 5.69 Å². The second kappa shape index (κ2) is 6.43. The highest BCUT2D eigenvalue weighted by Gasteiger charge is 2.04. The van der Waals surface area contributed by atoms with Crippen LogP contribution in [0.1, 0.15) is 5.56 Å². The predicted molar refractivity (Wildman–Crippen MR) is 87.4 cm³/mol. The van der Waals surface area contributed by atoms with Crippen LogP contribution in [0, 0.1) is 0 Å². The summed E-state index contributed by atoms with van der Waals surface area (Å²) < 4.78 is 1.57. The lowest BCUT2D eigenvalue weighted by Crippen LogP contribution is -2.22. The van der Waals surface area contributed by atoms with Gasteiger partial charge in [0.05, 0.1) is 11.9 Å². The Morgan fingerprint density at radius 1 is 0.905 bits per heavy atom. The molecule has 3 rings (SSSR count). The molecule has 0 bridgehead atoms. The minimum Gasteiger partial charge on any atom is -0.255 e. The molecule has 0 atom stereocenters. The first-order valence-corrected chi connectivity index (χ1v) is 8.39. The SMILES string of the molecule is O=c1ss/c(=N\N=C\c2ccccc2)n1-c1ccccc1. The van der Waals surface area contributed by atoms with Gasteiger partial charge in [0.1, 0.15) is 0 Å². The van der Waals surface area contributed by atoms with Crippen molar-refractivity contribution < 1.29 is 0 Å². The number of aromatic nitrogens is 1. The lowest BCUT2D eigenvalue weighted by atomic mass is 10.2. The molecular weight excluding hydrogens is 302 g/mol. The van der Waals surface area contributed by atoms with Gasteiger partial charge in [-0.05, 0) is 38.4 Å². The molecule has 0 amide bonds. The van der Waals surface area contributed by atoms with Gasteiger partial charge >= 0.3 is 4.87 Å². The van der Waals surface area contributed by atoms with Gasteiger partial charge in [0, 0.05) is 0 Å². The Balaban J connectivity index is 1.99. The molecule has 0 unspecified atom stereocenters. The third-order valence-corrected chi connectivity index (χ3v) is 4.67. The van der Waals surface area contributed by atoms with E-state index in [9.17, 15) is 4.79 Å². The number of para-hydroxylation sites is 1. The fourth-order valence-corrected chi connectivity index (χ4v) is 3.56. The summed E-state index contributed by atoms with van der Waals surface area (Å²) >= 11 is 0. The molecule has 1 aromatic heterocycles. The van der Waals surface area contributed by atoms with Gasteiger partial charge in [-0.3, -0.25) is 4.79 Å². The van der Waals surface area contributed by atoms with Crippen LogP contribution < -0.4 is 9.67 Å². The van der Waals surface area contributed by atoms with E-state index in [-0.39, 0.29) is 4.87 Å². The van der Waals surface area contributed by atoms with Crippen molar-refractivity contribution in [3.63, 3.8) is 0 Å². The number of benzene rings is 2. The molecule has 6 heteroatoms. The highest BCUT2D eigenvalue weighted by molar-refractivity contribution is 7.67. The molecule has 0 saturated heterocycles. The molecule has 0 fully saturated rings. The highest BCUT2D eigenvalue weighted by atomic mass is 32.9. The Hall–Kier alpha value is -2.31. The maximum Gasteiger partial charge on any atom is 0.323 e. The topological polar surface area (TPSA) is 46.7 Å². The van der Waals surface area contributed by atoms with E-state index in [2.05, 4.69) is 10.2 Å². The van der Waals surface area contributed by atoms with Crippen molar-refractivity contribution in [2.45, 2.75) is 0 Å². The van der Waals surface area contributed by atoms with Crippen molar-refractivity contribution in [3.05, 3.63) is 80.7 Å². The quantitative estimate of drug-likeness (QED) is 0.417. The zero-order valence-electron chi connectivity index (χ0n) is 10.9. The third kappa shape index (κ3) is 3.24. The van der Waals surface area contributed by atoms with Crippen molar-refractivity contribution in [1.82, 2.24) is 4.57 Å². The minimum atomic E-state index is -0.0557. The Bertz CT molecular complexity index is 861. The largest absolute Gasteiger partial charge is 0.323 e. The van der Waals surface area contributed by atoms with Crippen molar-refractivity contribution in [3.8, 4) is 5.69 Å². The van der Waals surface area contributed by atoms with Crippen LogP contribution in [-0.2, 0) is 0 Å². The Morgan fingerprint density at radius 3 is 2.29 bits per heavy atom. The first kappa shape index (κ1) is 13.7. The molecule has 2 aromatic carbocycles. The highest BCUT2D eigenvalue weighted by Crippen LogP contribution is 2.04. The average Bonchev–Trinajstić information content (AvgIpc) is 2.90. The lowest BCUT2D eigenvalue weighted by Gasteiger charge is -1.98. The summed E-state index contributed by atoms with van der Waals surface area (Å²) in [5.74, 6) is 0. The molecule has 3 aromatic rings. The van der Waals surface area contributed by atoms with E-state index in [0.717, 1.165) is 21.6 Å². The fourth-order valence-electron chi connectivity index (χ4n) is 1.76. The van der Waals surface area contributed by atoms with Gasteiger partial charge in [-0.25, -0.2) is 4.57 Å². The standard InChI is InChI=1S/C15H11N3OS2/c19-15-18(13-9-5-2-6-10-13)14(20-21-15)17-16-11-12-7-3-1-4-8-12/h1-11H/b16-11+,17-14-. The Kier molecular flexibility index (Phi) is 4.18. The van der Waals surface area contributed by atoms with Crippen LogP contribution in [0.2, 0.25) is 0 Å². The fraction of sp³-hybridized carbons (Fsp3) is 0. The van der Waals surface area contributed by atoms with Gasteiger partial charge in [-0.1, -0.05) is 48.5 Å². The van der Waals surface area contributed by atoms with E-state index in [1.54, 1.807) is 10.8 Å². The number of hydrogen-bond donors (Lipinski definition) is 0. The summed E-state index contributed by atoms with van der Waals surface area (Å²) in [6, 6.07) is 19.2. The van der Waals surface area contributed by atoms with Crippen molar-refractivity contribution >= 4 is 26.9 Å². The molecule has 21 heavy (non-hydrogen) atoms. The minimum absolute atomic E-state index is 0.0557. The molecule has 0 radical (unpaired) electrons. The third-order valence-electron chi connectivity index (χ3n) is 2.73. The summed E-state index contributed by atoms with van der Waals surface area (Å²) in [7, 11) is 2.47. The van der Waals surface area contributed by atoms with E-state index in [1.807, 2.05) is 60.7 Å². The van der Waals surface area contributed by atoms with Gasteiger partial charge < -0.3 is 0 Å². The van der Waals surface area contributed by atoms with Gasteiger partial charge in [-0.2, -0.15) is 5.10 Å². The van der Waals surface area contributed by atoms with Gasteiger partial charge in [0.2, 0.25) is 4.80 Å². The van der Waals surface area contributed by atoms with E-state index < -0.39 is 0 Å². The van der Waals surface area contributed by atoms with Crippen molar-refractivity contribution in [2.75, 3.05) is 0 Å². The predicted octanol–water partition coefficient (Wildman–Crippen LogP) is 2.90. The van der Waals surface area contributed by atoms with E-state index >= 15 is 0 Å². The summed E-state index contributed by atoms with van der Waals surface area (Å²) in [6.07, 6.45) is 1.67. The zero-order valence-corrected chi connectivity index (χ0v) is 12.6. The molecule has 0 aliphatic heterocycles. The molecule has 0 N–H and O–H groups in total. The molecule has 104 valence electrons. The molecular formula is C15H11N3OS2. The van der Waals surface area contributed by atoms with E-state index in [0.29, 0.717) is 4.80 Å². The van der Waals surface area contributed by atoms with E-state index in [4.69, 9.17) is 0 Å². The number of rotatable bonds is 3. The van der Waals surface area contributed by atoms with Crippen molar-refractivity contribution in [1.29, 1.82) is 0 Å². The average molecular weight is 313 g/mol. The normalized spacial score (nSPS) is 12.1. The molecule has 0 saturated carbocycles. The lowest BCUT2D eigenvalue weighted by molar-refractivity contribution is 0.943. The maximum atomic E-state index is 12.0. The molecule has 0 spiro atoms. The summed E-state index contributed by atoms with van der Waals surface area (Å²) in [4.78, 5) is 12.5. The van der Waals surface area contributed by atoms with Crippen molar-refractivity contribution in [2.24, 2.45) is 10.2 Å². The van der Waals surface area contributed by atoms with Gasteiger partial charge in [0.15, 0.2) is 0 Å².